The summed E-state index contributed by atoms with van der Waals surface area (Å²) in [6, 6.07) is 9.95. The highest BCUT2D eigenvalue weighted by Crippen LogP contribution is 2.39. The summed E-state index contributed by atoms with van der Waals surface area (Å²) in [5.74, 6) is 0.460. The van der Waals surface area contributed by atoms with Crippen molar-refractivity contribution in [3.05, 3.63) is 47.5 Å². The fraction of sp³-hybridized carbons (Fsp3) is 0.263. The molecule has 0 heterocycles. The number of para-hydroxylation sites is 1. The quantitative estimate of drug-likeness (QED) is 0.612. The normalized spacial score (nSPS) is 10.7. The number of aromatic hydroxyl groups is 1. The third-order valence-corrected chi connectivity index (χ3v) is 3.32. The van der Waals surface area contributed by atoms with Gasteiger partial charge in [0.2, 0.25) is 0 Å². The number of phenols is 1. The summed E-state index contributed by atoms with van der Waals surface area (Å²) in [6.07, 6.45) is 1.50. The maximum Gasteiger partial charge on any atom is 0.338 e. The van der Waals surface area contributed by atoms with Crippen LogP contribution >= 0.6 is 0 Å². The number of hydrogen-bond acceptors (Lipinski definition) is 6. The van der Waals surface area contributed by atoms with Crippen molar-refractivity contribution >= 4 is 17.9 Å². The van der Waals surface area contributed by atoms with Crippen LogP contribution in [0.2, 0.25) is 0 Å². The van der Waals surface area contributed by atoms with Crippen molar-refractivity contribution in [3.63, 3.8) is 0 Å². The van der Waals surface area contributed by atoms with Gasteiger partial charge in [-0.2, -0.15) is 0 Å². The van der Waals surface area contributed by atoms with Gasteiger partial charge in [-0.1, -0.05) is 12.1 Å². The highest BCUT2D eigenvalue weighted by atomic mass is 16.5. The molecular formula is C19H21NO5. The molecule has 2 rings (SSSR count). The van der Waals surface area contributed by atoms with Gasteiger partial charge in [0, 0.05) is 11.8 Å². The van der Waals surface area contributed by atoms with E-state index in [0.29, 0.717) is 41.5 Å². The molecule has 0 radical (unpaired) electrons. The van der Waals surface area contributed by atoms with Crippen LogP contribution in [0.5, 0.6) is 17.2 Å². The topological polar surface area (TPSA) is 77.4 Å². The summed E-state index contributed by atoms with van der Waals surface area (Å²) in [5.41, 5.74) is 1.27. The number of benzene rings is 2. The number of rotatable bonds is 7. The minimum Gasteiger partial charge on any atom is -0.507 e. The largest absolute Gasteiger partial charge is 0.507 e. The zero-order chi connectivity index (χ0) is 18.2. The van der Waals surface area contributed by atoms with Crippen LogP contribution in [0.4, 0.5) is 5.69 Å². The van der Waals surface area contributed by atoms with E-state index < -0.39 is 5.97 Å². The molecule has 6 nitrogen and oxygen atoms in total. The molecule has 0 saturated heterocycles. The Kier molecular flexibility index (Phi) is 6.39. The molecule has 0 fully saturated rings. The summed E-state index contributed by atoms with van der Waals surface area (Å²) in [7, 11) is 1.31. The number of carbonyl (C=O) groups is 1. The summed E-state index contributed by atoms with van der Waals surface area (Å²) in [5, 5.41) is 9.86. The van der Waals surface area contributed by atoms with Gasteiger partial charge in [-0.05, 0) is 38.1 Å². The van der Waals surface area contributed by atoms with Gasteiger partial charge in [-0.15, -0.1) is 0 Å². The molecule has 25 heavy (non-hydrogen) atoms. The standard InChI is InChI=1S/C19H21NO5/c1-4-24-17-11-14(19(22)23-3)10-15(18(17)25-5-2)20-12-13-8-6-7-9-16(13)21/h6-12,21H,4-5H2,1-3H3. The number of nitrogens with zero attached hydrogens (tertiary/aromatic N) is 1. The van der Waals surface area contributed by atoms with Crippen LogP contribution in [-0.4, -0.2) is 37.6 Å². The first kappa shape index (κ1) is 18.3. The van der Waals surface area contributed by atoms with Crippen molar-refractivity contribution in [2.24, 2.45) is 4.99 Å². The number of methoxy groups -OCH3 is 1. The van der Waals surface area contributed by atoms with Crippen molar-refractivity contribution < 1.29 is 24.1 Å². The third kappa shape index (κ3) is 4.50. The van der Waals surface area contributed by atoms with Gasteiger partial charge in [0.15, 0.2) is 11.5 Å². The van der Waals surface area contributed by atoms with Crippen molar-refractivity contribution in [2.45, 2.75) is 13.8 Å². The van der Waals surface area contributed by atoms with Crippen molar-refractivity contribution in [3.8, 4) is 17.2 Å². The second-order valence-electron chi connectivity index (χ2n) is 5.00. The summed E-state index contributed by atoms with van der Waals surface area (Å²) in [6.45, 7) is 4.51. The highest BCUT2D eigenvalue weighted by molar-refractivity contribution is 5.93. The summed E-state index contributed by atoms with van der Waals surface area (Å²) >= 11 is 0. The maximum atomic E-state index is 11.9. The Morgan fingerprint density at radius 1 is 1.16 bits per heavy atom. The Morgan fingerprint density at radius 2 is 1.88 bits per heavy atom. The molecule has 132 valence electrons. The van der Waals surface area contributed by atoms with Gasteiger partial charge in [0.1, 0.15) is 11.4 Å². The van der Waals surface area contributed by atoms with Crippen molar-refractivity contribution in [1.29, 1.82) is 0 Å². The van der Waals surface area contributed by atoms with E-state index in [1.54, 1.807) is 36.4 Å². The van der Waals surface area contributed by atoms with Gasteiger partial charge in [0.25, 0.3) is 0 Å². The summed E-state index contributed by atoms with van der Waals surface area (Å²) < 4.78 is 16.0. The number of hydrogen-bond donors (Lipinski definition) is 1. The molecule has 2 aromatic carbocycles. The SMILES string of the molecule is CCOc1cc(C(=O)OC)cc(N=Cc2ccccc2O)c1OCC. The number of aliphatic imine (C=N–C) groups is 1. The first-order chi connectivity index (χ1) is 12.1. The minimum absolute atomic E-state index is 0.110. The van der Waals surface area contributed by atoms with Crippen LogP contribution in [0.1, 0.15) is 29.8 Å². The molecule has 0 unspecified atom stereocenters. The van der Waals surface area contributed by atoms with Crippen LogP contribution < -0.4 is 9.47 Å². The molecule has 0 saturated carbocycles. The first-order valence-electron chi connectivity index (χ1n) is 7.94. The van der Waals surface area contributed by atoms with Crippen LogP contribution in [0.15, 0.2) is 41.4 Å². The molecule has 0 aliphatic carbocycles. The third-order valence-electron chi connectivity index (χ3n) is 3.32. The lowest BCUT2D eigenvalue weighted by Gasteiger charge is -2.14. The van der Waals surface area contributed by atoms with E-state index in [0.717, 1.165) is 0 Å². The molecule has 0 atom stereocenters. The Hall–Kier alpha value is -3.02. The van der Waals surface area contributed by atoms with Gasteiger partial charge >= 0.3 is 5.97 Å². The molecule has 0 aromatic heterocycles. The van der Waals surface area contributed by atoms with E-state index in [1.165, 1.54) is 13.3 Å². The van der Waals surface area contributed by atoms with Crippen LogP contribution in [0, 0.1) is 0 Å². The molecule has 6 heteroatoms. The van der Waals surface area contributed by atoms with Crippen LogP contribution in [0.25, 0.3) is 0 Å². The van der Waals surface area contributed by atoms with E-state index in [2.05, 4.69) is 4.99 Å². The molecule has 0 aliphatic heterocycles. The van der Waals surface area contributed by atoms with Gasteiger partial charge < -0.3 is 19.3 Å². The Bertz CT molecular complexity index is 770. The number of esters is 1. The lowest BCUT2D eigenvalue weighted by molar-refractivity contribution is 0.0600. The zero-order valence-electron chi connectivity index (χ0n) is 14.5. The fourth-order valence-corrected chi connectivity index (χ4v) is 2.21. The van der Waals surface area contributed by atoms with Crippen LogP contribution in [-0.2, 0) is 4.74 Å². The fourth-order valence-electron chi connectivity index (χ4n) is 2.21. The Balaban J connectivity index is 2.53. The second-order valence-corrected chi connectivity index (χ2v) is 5.00. The predicted octanol–water partition coefficient (Wildman–Crippen LogP) is 3.73. The molecule has 0 spiro atoms. The van der Waals surface area contributed by atoms with E-state index in [-0.39, 0.29) is 5.75 Å². The minimum atomic E-state index is -0.497. The Morgan fingerprint density at radius 3 is 2.52 bits per heavy atom. The smallest absolute Gasteiger partial charge is 0.338 e. The Labute approximate surface area is 146 Å². The monoisotopic (exact) mass is 343 g/mol. The highest BCUT2D eigenvalue weighted by Gasteiger charge is 2.17. The second kappa shape index (κ2) is 8.73. The van der Waals surface area contributed by atoms with Crippen molar-refractivity contribution in [1.82, 2.24) is 0 Å². The lowest BCUT2D eigenvalue weighted by Crippen LogP contribution is -2.04. The number of carbonyl (C=O) groups excluding carboxylic acids is 1. The van der Waals surface area contributed by atoms with Crippen molar-refractivity contribution in [2.75, 3.05) is 20.3 Å². The molecule has 2 aromatic rings. The molecule has 0 amide bonds. The molecular weight excluding hydrogens is 322 g/mol. The lowest BCUT2D eigenvalue weighted by atomic mass is 10.1. The average molecular weight is 343 g/mol. The van der Waals surface area contributed by atoms with E-state index >= 15 is 0 Å². The average Bonchev–Trinajstić information content (AvgIpc) is 2.62. The van der Waals surface area contributed by atoms with E-state index in [9.17, 15) is 9.90 Å². The predicted molar refractivity (Wildman–Crippen MR) is 95.5 cm³/mol. The molecule has 0 aliphatic rings. The first-order valence-corrected chi connectivity index (χ1v) is 7.94. The zero-order valence-corrected chi connectivity index (χ0v) is 14.5. The van der Waals surface area contributed by atoms with Crippen LogP contribution in [0.3, 0.4) is 0 Å². The number of ether oxygens (including phenoxy) is 3. The molecule has 1 N–H and O–H groups in total. The van der Waals surface area contributed by atoms with Gasteiger partial charge in [-0.3, -0.25) is 4.99 Å². The van der Waals surface area contributed by atoms with Gasteiger partial charge in [-0.25, -0.2) is 4.79 Å². The number of phenolic OH excluding ortho intramolecular Hbond substituents is 1. The van der Waals surface area contributed by atoms with E-state index in [4.69, 9.17) is 14.2 Å². The maximum absolute atomic E-state index is 11.9. The summed E-state index contributed by atoms with van der Waals surface area (Å²) in [4.78, 5) is 16.3. The molecule has 0 bridgehead atoms. The van der Waals surface area contributed by atoms with Gasteiger partial charge in [0.05, 0.1) is 25.9 Å². The van der Waals surface area contributed by atoms with E-state index in [1.807, 2.05) is 13.8 Å².